The Labute approximate surface area is 256 Å². The second-order valence-corrected chi connectivity index (χ2v) is 10.6. The molecular formula is C38H32N2O4. The molecule has 0 atom stereocenters. The maximum Gasteiger partial charge on any atom is 0.146 e. The summed E-state index contributed by atoms with van der Waals surface area (Å²) in [5.41, 5.74) is 3.37. The molecule has 0 unspecified atom stereocenters. The largest absolute Gasteiger partial charge is 0.493 e. The molecule has 0 fully saturated rings. The Hall–Kier alpha value is -5.36. The van der Waals surface area contributed by atoms with Gasteiger partial charge in [0.05, 0.1) is 26.4 Å². The molecular weight excluding hydrogens is 548 g/mol. The van der Waals surface area contributed by atoms with E-state index in [1.54, 1.807) is 0 Å². The van der Waals surface area contributed by atoms with Gasteiger partial charge in [-0.05, 0) is 57.9 Å². The van der Waals surface area contributed by atoms with Gasteiger partial charge in [-0.25, -0.2) is 0 Å². The summed E-state index contributed by atoms with van der Waals surface area (Å²) in [6, 6.07) is 40.5. The summed E-state index contributed by atoms with van der Waals surface area (Å²) < 4.78 is 25.3. The highest BCUT2D eigenvalue weighted by Crippen LogP contribution is 2.45. The SMILES string of the molecule is c1ccc2c(c1)N=Nc1ccccc1OCCCOc1ccc3ccccc3c1-c1c(ccc3ccccc13)OCCCO2. The van der Waals surface area contributed by atoms with E-state index in [2.05, 4.69) is 83.0 Å². The highest BCUT2D eigenvalue weighted by molar-refractivity contribution is 6.09. The fourth-order valence-corrected chi connectivity index (χ4v) is 5.54. The molecule has 0 bridgehead atoms. The van der Waals surface area contributed by atoms with Crippen molar-refractivity contribution in [1.82, 2.24) is 0 Å². The molecule has 0 N–H and O–H groups in total. The molecule has 218 valence electrons. The molecule has 6 nitrogen and oxygen atoms in total. The number of fused-ring (bicyclic) bond motifs is 9. The molecule has 1 aliphatic rings. The van der Waals surface area contributed by atoms with Gasteiger partial charge in [0.15, 0.2) is 0 Å². The Bertz CT molecular complexity index is 1810. The van der Waals surface area contributed by atoms with Crippen molar-refractivity contribution < 1.29 is 18.9 Å². The highest BCUT2D eigenvalue weighted by atomic mass is 16.5. The molecule has 0 aromatic heterocycles. The summed E-state index contributed by atoms with van der Waals surface area (Å²) in [7, 11) is 0. The van der Waals surface area contributed by atoms with Crippen molar-refractivity contribution in [3.8, 4) is 34.1 Å². The molecule has 1 heterocycles. The van der Waals surface area contributed by atoms with Gasteiger partial charge in [-0.2, -0.15) is 0 Å². The molecule has 44 heavy (non-hydrogen) atoms. The van der Waals surface area contributed by atoms with E-state index in [1.807, 2.05) is 48.5 Å². The highest BCUT2D eigenvalue weighted by Gasteiger charge is 2.19. The zero-order chi connectivity index (χ0) is 29.6. The van der Waals surface area contributed by atoms with Crippen LogP contribution < -0.4 is 18.9 Å². The fraction of sp³-hybridized carbons (Fsp3) is 0.158. The molecule has 6 heteroatoms. The van der Waals surface area contributed by atoms with Crippen molar-refractivity contribution in [3.63, 3.8) is 0 Å². The average Bonchev–Trinajstić information content (AvgIpc) is 3.07. The third-order valence-corrected chi connectivity index (χ3v) is 7.64. The second kappa shape index (κ2) is 12.9. The van der Waals surface area contributed by atoms with E-state index in [-0.39, 0.29) is 0 Å². The summed E-state index contributed by atoms with van der Waals surface area (Å²) in [6.45, 7) is 1.91. The third kappa shape index (κ3) is 5.79. The van der Waals surface area contributed by atoms with E-state index in [4.69, 9.17) is 18.9 Å². The van der Waals surface area contributed by atoms with Crippen molar-refractivity contribution in [2.24, 2.45) is 10.2 Å². The first kappa shape index (κ1) is 27.5. The lowest BCUT2D eigenvalue weighted by molar-refractivity contribution is 0.246. The number of azo groups is 1. The minimum Gasteiger partial charge on any atom is -0.493 e. The van der Waals surface area contributed by atoms with Crippen molar-refractivity contribution in [2.75, 3.05) is 26.4 Å². The molecule has 0 radical (unpaired) electrons. The molecule has 0 spiro atoms. The van der Waals surface area contributed by atoms with Crippen molar-refractivity contribution >= 4 is 32.9 Å². The van der Waals surface area contributed by atoms with Gasteiger partial charge in [-0.3, -0.25) is 0 Å². The molecule has 0 aliphatic carbocycles. The van der Waals surface area contributed by atoms with Crippen LogP contribution in [0.1, 0.15) is 12.8 Å². The number of hydrogen-bond donors (Lipinski definition) is 0. The molecule has 1 aliphatic heterocycles. The van der Waals surface area contributed by atoms with Gasteiger partial charge in [0.25, 0.3) is 0 Å². The van der Waals surface area contributed by atoms with Crippen LogP contribution in [0.2, 0.25) is 0 Å². The maximum atomic E-state index is 6.51. The third-order valence-electron chi connectivity index (χ3n) is 7.64. The van der Waals surface area contributed by atoms with E-state index >= 15 is 0 Å². The van der Waals surface area contributed by atoms with Crippen molar-refractivity contribution in [3.05, 3.63) is 121 Å². The minimum atomic E-state index is 0.470. The maximum absolute atomic E-state index is 6.51. The number of para-hydroxylation sites is 2. The van der Waals surface area contributed by atoms with Gasteiger partial charge < -0.3 is 18.9 Å². The molecule has 7 rings (SSSR count). The van der Waals surface area contributed by atoms with Crippen LogP contribution in [0.5, 0.6) is 23.0 Å². The Balaban J connectivity index is 1.29. The summed E-state index contributed by atoms with van der Waals surface area (Å²) >= 11 is 0. The molecule has 0 amide bonds. The lowest BCUT2D eigenvalue weighted by atomic mass is 9.92. The van der Waals surface area contributed by atoms with Crippen LogP contribution in [0.25, 0.3) is 32.7 Å². The predicted molar refractivity (Wildman–Crippen MR) is 175 cm³/mol. The van der Waals surface area contributed by atoms with E-state index in [0.29, 0.717) is 62.1 Å². The summed E-state index contributed by atoms with van der Waals surface area (Å²) in [4.78, 5) is 0. The summed E-state index contributed by atoms with van der Waals surface area (Å²) in [5.74, 6) is 2.97. The Morgan fingerprint density at radius 2 is 0.750 bits per heavy atom. The Morgan fingerprint density at radius 3 is 1.23 bits per heavy atom. The topological polar surface area (TPSA) is 61.6 Å². The van der Waals surface area contributed by atoms with Crippen LogP contribution >= 0.6 is 0 Å². The molecule has 6 aromatic carbocycles. The Morgan fingerprint density at radius 1 is 0.364 bits per heavy atom. The van der Waals surface area contributed by atoms with Crippen LogP contribution in [0.4, 0.5) is 11.4 Å². The van der Waals surface area contributed by atoms with E-state index < -0.39 is 0 Å². The minimum absolute atomic E-state index is 0.470. The zero-order valence-corrected chi connectivity index (χ0v) is 24.3. The number of ether oxygens (including phenoxy) is 4. The normalized spacial score (nSPS) is 14.0. The van der Waals surface area contributed by atoms with Crippen LogP contribution in [0.3, 0.4) is 0 Å². The van der Waals surface area contributed by atoms with Crippen LogP contribution in [0, 0.1) is 0 Å². The average molecular weight is 581 g/mol. The molecule has 6 aromatic rings. The lowest BCUT2D eigenvalue weighted by Crippen LogP contribution is -2.07. The van der Waals surface area contributed by atoms with Crippen LogP contribution in [-0.2, 0) is 0 Å². The fourth-order valence-electron chi connectivity index (χ4n) is 5.54. The monoisotopic (exact) mass is 580 g/mol. The van der Waals surface area contributed by atoms with Gasteiger partial charge >= 0.3 is 0 Å². The van der Waals surface area contributed by atoms with E-state index in [9.17, 15) is 0 Å². The van der Waals surface area contributed by atoms with E-state index in [1.165, 1.54) is 0 Å². The second-order valence-electron chi connectivity index (χ2n) is 10.6. The zero-order valence-electron chi connectivity index (χ0n) is 24.3. The predicted octanol–water partition coefficient (Wildman–Crippen LogP) is 10.1. The van der Waals surface area contributed by atoms with Crippen LogP contribution in [0.15, 0.2) is 132 Å². The number of benzene rings is 6. The van der Waals surface area contributed by atoms with E-state index in [0.717, 1.165) is 44.2 Å². The van der Waals surface area contributed by atoms with Gasteiger partial charge in [-0.1, -0.05) is 84.9 Å². The first-order chi connectivity index (χ1) is 21.8. The Kier molecular flexibility index (Phi) is 8.04. The van der Waals surface area contributed by atoms with Gasteiger partial charge in [0.2, 0.25) is 0 Å². The molecule has 0 saturated carbocycles. The van der Waals surface area contributed by atoms with Gasteiger partial charge in [-0.15, -0.1) is 10.2 Å². The standard InChI is InChI=1S/C38H32N2O4/c1-3-13-29-27(11-1)19-21-35-37(29)38-30-14-4-2-12-28(30)20-22-36(38)44-26-10-24-42-34-18-8-6-16-32(34)40-39-31-15-5-7-17-33(31)41-23-9-25-43-35/h1-8,11-22H,9-10,23-26H2. The quantitative estimate of drug-likeness (QED) is 0.179. The van der Waals surface area contributed by atoms with Crippen LogP contribution in [-0.4, -0.2) is 26.4 Å². The van der Waals surface area contributed by atoms with Gasteiger partial charge in [0, 0.05) is 24.0 Å². The van der Waals surface area contributed by atoms with Crippen molar-refractivity contribution in [2.45, 2.75) is 12.8 Å². The van der Waals surface area contributed by atoms with Crippen molar-refractivity contribution in [1.29, 1.82) is 0 Å². The number of rotatable bonds is 0. The first-order valence-electron chi connectivity index (χ1n) is 15.0. The number of nitrogens with zero attached hydrogens (tertiary/aromatic N) is 2. The smallest absolute Gasteiger partial charge is 0.146 e. The molecule has 0 saturated heterocycles. The summed E-state index contributed by atoms with van der Waals surface area (Å²) in [5, 5.41) is 13.5. The van der Waals surface area contributed by atoms with Gasteiger partial charge in [0.1, 0.15) is 34.4 Å². The first-order valence-corrected chi connectivity index (χ1v) is 15.0. The lowest BCUT2D eigenvalue weighted by Gasteiger charge is -2.20. The summed E-state index contributed by atoms with van der Waals surface area (Å²) in [6.07, 6.45) is 1.38. The number of hydrogen-bond acceptors (Lipinski definition) is 6.